The summed E-state index contributed by atoms with van der Waals surface area (Å²) < 4.78 is 2.04. The SMILES string of the molecule is Cc1cc(/C=N\NC(=O)C(=O)NC(C)C)c(C)n1-c1cccc(Cl)c1. The van der Waals surface area contributed by atoms with Gasteiger partial charge in [-0.1, -0.05) is 17.7 Å². The zero-order chi connectivity index (χ0) is 18.6. The third kappa shape index (κ3) is 4.70. The number of carbonyl (C=O) groups excluding carboxylic acids is 2. The molecular formula is C18H21ClN4O2. The van der Waals surface area contributed by atoms with Crippen molar-refractivity contribution in [2.45, 2.75) is 33.7 Å². The summed E-state index contributed by atoms with van der Waals surface area (Å²) in [6, 6.07) is 9.38. The summed E-state index contributed by atoms with van der Waals surface area (Å²) in [6.07, 6.45) is 1.52. The second-order valence-corrected chi connectivity index (χ2v) is 6.41. The molecule has 0 aliphatic carbocycles. The lowest BCUT2D eigenvalue weighted by atomic mass is 10.2. The molecule has 0 saturated carbocycles. The van der Waals surface area contributed by atoms with Crippen LogP contribution in [0.25, 0.3) is 5.69 Å². The van der Waals surface area contributed by atoms with Crippen molar-refractivity contribution in [3.63, 3.8) is 0 Å². The molecule has 6 nitrogen and oxygen atoms in total. The van der Waals surface area contributed by atoms with Crippen molar-refractivity contribution >= 4 is 29.6 Å². The molecule has 0 fully saturated rings. The van der Waals surface area contributed by atoms with Crippen LogP contribution in [-0.2, 0) is 9.59 Å². The van der Waals surface area contributed by atoms with E-state index in [0.717, 1.165) is 22.6 Å². The van der Waals surface area contributed by atoms with Gasteiger partial charge in [0.1, 0.15) is 0 Å². The van der Waals surface area contributed by atoms with Crippen LogP contribution >= 0.6 is 11.6 Å². The zero-order valence-corrected chi connectivity index (χ0v) is 15.4. The molecule has 0 saturated heterocycles. The van der Waals surface area contributed by atoms with Gasteiger partial charge in [0, 0.05) is 33.7 Å². The van der Waals surface area contributed by atoms with Crippen molar-refractivity contribution in [1.29, 1.82) is 0 Å². The third-order valence-electron chi connectivity index (χ3n) is 3.53. The molecule has 25 heavy (non-hydrogen) atoms. The fourth-order valence-electron chi connectivity index (χ4n) is 2.47. The average molecular weight is 361 g/mol. The Morgan fingerprint density at radius 2 is 1.92 bits per heavy atom. The third-order valence-corrected chi connectivity index (χ3v) is 3.77. The van der Waals surface area contributed by atoms with Crippen LogP contribution in [0.4, 0.5) is 0 Å². The monoisotopic (exact) mass is 360 g/mol. The molecule has 7 heteroatoms. The lowest BCUT2D eigenvalue weighted by Gasteiger charge is -2.09. The van der Waals surface area contributed by atoms with Gasteiger partial charge >= 0.3 is 11.8 Å². The zero-order valence-electron chi connectivity index (χ0n) is 14.6. The summed E-state index contributed by atoms with van der Waals surface area (Å²) in [6.45, 7) is 7.47. The van der Waals surface area contributed by atoms with Gasteiger partial charge in [0.15, 0.2) is 0 Å². The highest BCUT2D eigenvalue weighted by Gasteiger charge is 2.13. The Labute approximate surface area is 151 Å². The van der Waals surface area contributed by atoms with Gasteiger partial charge in [0.2, 0.25) is 0 Å². The van der Waals surface area contributed by atoms with E-state index in [9.17, 15) is 9.59 Å². The van der Waals surface area contributed by atoms with Gasteiger partial charge in [0.05, 0.1) is 6.21 Å². The number of benzene rings is 1. The fourth-order valence-corrected chi connectivity index (χ4v) is 2.65. The Morgan fingerprint density at radius 1 is 1.20 bits per heavy atom. The van der Waals surface area contributed by atoms with Gasteiger partial charge in [-0.15, -0.1) is 0 Å². The molecule has 0 bridgehead atoms. The highest BCUT2D eigenvalue weighted by molar-refractivity contribution is 6.35. The molecule has 1 aromatic carbocycles. The van der Waals surface area contributed by atoms with E-state index >= 15 is 0 Å². The molecule has 0 unspecified atom stereocenters. The quantitative estimate of drug-likeness (QED) is 0.499. The van der Waals surface area contributed by atoms with E-state index in [1.807, 2.05) is 48.7 Å². The fraction of sp³-hybridized carbons (Fsp3) is 0.278. The molecule has 2 amide bonds. The van der Waals surface area contributed by atoms with E-state index < -0.39 is 11.8 Å². The van der Waals surface area contributed by atoms with Crippen LogP contribution in [0.1, 0.15) is 30.8 Å². The number of amides is 2. The van der Waals surface area contributed by atoms with Crippen LogP contribution < -0.4 is 10.7 Å². The van der Waals surface area contributed by atoms with Gasteiger partial charge < -0.3 is 9.88 Å². The van der Waals surface area contributed by atoms with Gasteiger partial charge in [-0.25, -0.2) is 5.43 Å². The maximum Gasteiger partial charge on any atom is 0.329 e. The predicted molar refractivity (Wildman–Crippen MR) is 99.3 cm³/mol. The van der Waals surface area contributed by atoms with Crippen molar-refractivity contribution in [3.05, 3.63) is 52.3 Å². The van der Waals surface area contributed by atoms with Gasteiger partial charge in [-0.05, 0) is 52.0 Å². The van der Waals surface area contributed by atoms with E-state index in [4.69, 9.17) is 11.6 Å². The van der Waals surface area contributed by atoms with Crippen LogP contribution in [0.2, 0.25) is 5.02 Å². The number of rotatable bonds is 4. The highest BCUT2D eigenvalue weighted by atomic mass is 35.5. The first-order chi connectivity index (χ1) is 11.8. The van der Waals surface area contributed by atoms with E-state index in [0.29, 0.717) is 5.02 Å². The Balaban J connectivity index is 2.15. The molecule has 132 valence electrons. The van der Waals surface area contributed by atoms with Crippen LogP contribution in [0.3, 0.4) is 0 Å². The summed E-state index contributed by atoms with van der Waals surface area (Å²) in [5, 5.41) is 7.03. The lowest BCUT2D eigenvalue weighted by molar-refractivity contribution is -0.139. The highest BCUT2D eigenvalue weighted by Crippen LogP contribution is 2.22. The average Bonchev–Trinajstić information content (AvgIpc) is 2.80. The minimum Gasteiger partial charge on any atom is -0.346 e. The Bertz CT molecular complexity index is 824. The molecule has 2 N–H and O–H groups in total. The van der Waals surface area contributed by atoms with E-state index in [1.54, 1.807) is 13.8 Å². The Morgan fingerprint density at radius 3 is 2.56 bits per heavy atom. The second kappa shape index (κ2) is 7.98. The van der Waals surface area contributed by atoms with Gasteiger partial charge in [-0.3, -0.25) is 9.59 Å². The topological polar surface area (TPSA) is 75.5 Å². The summed E-state index contributed by atoms with van der Waals surface area (Å²) in [5.74, 6) is -1.51. The minimum absolute atomic E-state index is 0.112. The van der Waals surface area contributed by atoms with E-state index in [-0.39, 0.29) is 6.04 Å². The number of aromatic nitrogens is 1. The predicted octanol–water partition coefficient (Wildman–Crippen LogP) is 2.72. The molecule has 1 aromatic heterocycles. The van der Waals surface area contributed by atoms with E-state index in [2.05, 4.69) is 15.8 Å². The van der Waals surface area contributed by atoms with Crippen LogP contribution in [0.5, 0.6) is 0 Å². The Hall–Kier alpha value is -2.60. The number of hydrogen-bond acceptors (Lipinski definition) is 3. The molecule has 0 spiro atoms. The number of halogens is 1. The van der Waals surface area contributed by atoms with Crippen LogP contribution in [0.15, 0.2) is 35.4 Å². The molecule has 2 rings (SSSR count). The number of hydrazone groups is 1. The molecule has 0 radical (unpaired) electrons. The molecule has 0 atom stereocenters. The molecule has 0 aliphatic heterocycles. The van der Waals surface area contributed by atoms with Crippen molar-refractivity contribution in [2.75, 3.05) is 0 Å². The normalized spacial score (nSPS) is 11.1. The number of hydrogen-bond donors (Lipinski definition) is 2. The van der Waals surface area contributed by atoms with Crippen molar-refractivity contribution in [1.82, 2.24) is 15.3 Å². The largest absolute Gasteiger partial charge is 0.346 e. The number of aryl methyl sites for hydroxylation is 1. The van der Waals surface area contributed by atoms with Crippen molar-refractivity contribution in [2.24, 2.45) is 5.10 Å². The second-order valence-electron chi connectivity index (χ2n) is 5.97. The summed E-state index contributed by atoms with van der Waals surface area (Å²) in [5.41, 5.74) is 5.96. The first kappa shape index (κ1) is 18.7. The minimum atomic E-state index is -0.798. The molecule has 2 aromatic rings. The standard InChI is InChI=1S/C18H21ClN4O2/c1-11(2)21-17(24)18(25)22-20-10-14-8-12(3)23(13(14)4)16-7-5-6-15(19)9-16/h5-11H,1-4H3,(H,21,24)(H,22,25)/b20-10-. The summed E-state index contributed by atoms with van der Waals surface area (Å²) in [4.78, 5) is 23.2. The smallest absolute Gasteiger partial charge is 0.329 e. The molecule has 0 aliphatic rings. The first-order valence-electron chi connectivity index (χ1n) is 7.88. The summed E-state index contributed by atoms with van der Waals surface area (Å²) in [7, 11) is 0. The number of nitrogens with zero attached hydrogens (tertiary/aromatic N) is 2. The van der Waals surface area contributed by atoms with Crippen LogP contribution in [-0.4, -0.2) is 28.6 Å². The van der Waals surface area contributed by atoms with E-state index in [1.165, 1.54) is 6.21 Å². The van der Waals surface area contributed by atoms with Gasteiger partial charge in [0.25, 0.3) is 0 Å². The lowest BCUT2D eigenvalue weighted by Crippen LogP contribution is -2.41. The number of nitrogens with one attached hydrogen (secondary N) is 2. The number of carbonyl (C=O) groups is 2. The van der Waals surface area contributed by atoms with Crippen molar-refractivity contribution < 1.29 is 9.59 Å². The maximum absolute atomic E-state index is 11.6. The van der Waals surface area contributed by atoms with Crippen LogP contribution in [0, 0.1) is 13.8 Å². The molecule has 1 heterocycles. The summed E-state index contributed by atoms with van der Waals surface area (Å²) >= 11 is 6.07. The molecular weight excluding hydrogens is 340 g/mol. The maximum atomic E-state index is 11.6. The van der Waals surface area contributed by atoms with Crippen molar-refractivity contribution in [3.8, 4) is 5.69 Å². The van der Waals surface area contributed by atoms with Gasteiger partial charge in [-0.2, -0.15) is 5.10 Å². The first-order valence-corrected chi connectivity index (χ1v) is 8.26. The Kier molecular flexibility index (Phi) is 5.98.